The van der Waals surface area contributed by atoms with Gasteiger partial charge in [0.05, 0.1) is 6.61 Å². The van der Waals surface area contributed by atoms with Crippen LogP contribution < -0.4 is 4.74 Å². The second-order valence-electron chi connectivity index (χ2n) is 6.16. The second kappa shape index (κ2) is 8.14. The molecule has 23 heavy (non-hydrogen) atoms. The molecule has 1 saturated heterocycles. The van der Waals surface area contributed by atoms with Gasteiger partial charge in [-0.2, -0.15) is 0 Å². The minimum atomic E-state index is 0.776. The van der Waals surface area contributed by atoms with Gasteiger partial charge in [0, 0.05) is 32.7 Å². The van der Waals surface area contributed by atoms with Crippen LogP contribution in [0.25, 0.3) is 11.1 Å². The minimum absolute atomic E-state index is 0.776. The van der Waals surface area contributed by atoms with Crippen molar-refractivity contribution in [3.05, 3.63) is 54.6 Å². The quantitative estimate of drug-likeness (QED) is 0.762. The molecule has 1 heterocycles. The largest absolute Gasteiger partial charge is 0.494 e. The topological polar surface area (TPSA) is 15.7 Å². The fourth-order valence-electron chi connectivity index (χ4n) is 2.89. The average molecular weight is 309 g/mol. The van der Waals surface area contributed by atoms with Crippen molar-refractivity contribution >= 4 is 0 Å². The molecule has 2 aromatic carbocycles. The minimum Gasteiger partial charge on any atom is -0.494 e. The zero-order valence-electron chi connectivity index (χ0n) is 13.9. The third kappa shape index (κ3) is 4.81. The summed E-state index contributed by atoms with van der Waals surface area (Å²) in [5.41, 5.74) is 2.39. The number of likely N-dealkylation sites (N-methyl/N-ethyl adjacent to an activating group) is 1. The molecule has 0 unspecified atom stereocenters. The van der Waals surface area contributed by atoms with Crippen LogP contribution in [0.1, 0.15) is 6.42 Å². The number of hydrogen-bond acceptors (Lipinski definition) is 3. The van der Waals surface area contributed by atoms with Gasteiger partial charge in [0.25, 0.3) is 0 Å². The summed E-state index contributed by atoms with van der Waals surface area (Å²) in [5.74, 6) is 0.953. The van der Waals surface area contributed by atoms with Gasteiger partial charge in [0.2, 0.25) is 0 Å². The highest BCUT2D eigenvalue weighted by molar-refractivity contribution is 5.64. The van der Waals surface area contributed by atoms with Gasteiger partial charge in [-0.15, -0.1) is 0 Å². The summed E-state index contributed by atoms with van der Waals surface area (Å²) >= 11 is 0. The molecular formula is C20H25N2O. The van der Waals surface area contributed by atoms with Gasteiger partial charge in [0.15, 0.2) is 0 Å². The van der Waals surface area contributed by atoms with E-state index < -0.39 is 0 Å². The van der Waals surface area contributed by atoms with E-state index in [4.69, 9.17) is 4.74 Å². The third-order valence-corrected chi connectivity index (χ3v) is 4.37. The Morgan fingerprint density at radius 1 is 1.00 bits per heavy atom. The summed E-state index contributed by atoms with van der Waals surface area (Å²) < 4.78 is 5.94. The summed E-state index contributed by atoms with van der Waals surface area (Å²) in [5, 5.41) is 0. The number of hydrogen-bond donors (Lipinski definition) is 0. The van der Waals surface area contributed by atoms with Crippen LogP contribution in [0.4, 0.5) is 0 Å². The molecule has 2 aromatic rings. The molecule has 1 aliphatic rings. The highest BCUT2D eigenvalue weighted by Gasteiger charge is 2.12. The molecule has 1 radical (unpaired) electrons. The van der Waals surface area contributed by atoms with Crippen molar-refractivity contribution in [2.75, 3.05) is 46.4 Å². The first-order valence-electron chi connectivity index (χ1n) is 8.41. The fraction of sp³-hybridized carbons (Fsp3) is 0.400. The molecule has 3 rings (SSSR count). The molecule has 0 bridgehead atoms. The maximum absolute atomic E-state index is 5.94. The Hall–Kier alpha value is -1.84. The fourth-order valence-corrected chi connectivity index (χ4v) is 2.89. The van der Waals surface area contributed by atoms with Crippen LogP contribution in [-0.4, -0.2) is 56.2 Å². The van der Waals surface area contributed by atoms with E-state index in [1.54, 1.807) is 0 Å². The SMILES string of the molecule is CN1CCN(CCCOc2cccc(-c3cc[c]cc3)c2)CC1. The third-order valence-electron chi connectivity index (χ3n) is 4.37. The van der Waals surface area contributed by atoms with Gasteiger partial charge < -0.3 is 14.5 Å². The van der Waals surface area contributed by atoms with E-state index in [2.05, 4.69) is 53.2 Å². The van der Waals surface area contributed by atoms with Crippen LogP contribution in [0.15, 0.2) is 48.5 Å². The van der Waals surface area contributed by atoms with Crippen LogP contribution in [0.5, 0.6) is 5.75 Å². The lowest BCUT2D eigenvalue weighted by atomic mass is 10.1. The average Bonchev–Trinajstić information content (AvgIpc) is 2.61. The van der Waals surface area contributed by atoms with E-state index in [0.717, 1.165) is 25.3 Å². The number of rotatable bonds is 6. The van der Waals surface area contributed by atoms with Gasteiger partial charge in [-0.3, -0.25) is 0 Å². The van der Waals surface area contributed by atoms with Crippen molar-refractivity contribution in [1.82, 2.24) is 9.80 Å². The summed E-state index contributed by atoms with van der Waals surface area (Å²) in [6.07, 6.45) is 1.08. The Kier molecular flexibility index (Phi) is 5.67. The Morgan fingerprint density at radius 2 is 1.78 bits per heavy atom. The molecule has 1 fully saturated rings. The lowest BCUT2D eigenvalue weighted by Crippen LogP contribution is -2.44. The molecule has 3 nitrogen and oxygen atoms in total. The Labute approximate surface area is 139 Å². The molecular weight excluding hydrogens is 284 g/mol. The van der Waals surface area contributed by atoms with E-state index in [9.17, 15) is 0 Å². The van der Waals surface area contributed by atoms with Crippen molar-refractivity contribution in [1.29, 1.82) is 0 Å². The first kappa shape index (κ1) is 16.0. The van der Waals surface area contributed by atoms with Crippen molar-refractivity contribution in [3.8, 4) is 16.9 Å². The first-order chi connectivity index (χ1) is 11.3. The highest BCUT2D eigenvalue weighted by atomic mass is 16.5. The Morgan fingerprint density at radius 3 is 2.57 bits per heavy atom. The summed E-state index contributed by atoms with van der Waals surface area (Å²) in [7, 11) is 2.19. The lowest BCUT2D eigenvalue weighted by molar-refractivity contribution is 0.145. The molecule has 121 valence electrons. The van der Waals surface area contributed by atoms with Gasteiger partial charge in [-0.05, 0) is 42.8 Å². The molecule has 0 spiro atoms. The predicted molar refractivity (Wildman–Crippen MR) is 94.8 cm³/mol. The highest BCUT2D eigenvalue weighted by Crippen LogP contribution is 2.23. The standard InChI is InChI=1S/C20H25N2O/c1-21-12-14-22(15-13-21)11-6-16-23-20-10-5-9-19(17-20)18-7-3-2-4-8-18/h3-5,7-10,17H,6,11-16H2,1H3. The van der Waals surface area contributed by atoms with Crippen molar-refractivity contribution in [2.45, 2.75) is 6.42 Å². The maximum Gasteiger partial charge on any atom is 0.119 e. The molecule has 0 N–H and O–H groups in total. The van der Waals surface area contributed by atoms with Crippen LogP contribution >= 0.6 is 0 Å². The normalized spacial score (nSPS) is 16.4. The monoisotopic (exact) mass is 309 g/mol. The molecule has 0 aliphatic carbocycles. The van der Waals surface area contributed by atoms with Crippen molar-refractivity contribution in [3.63, 3.8) is 0 Å². The predicted octanol–water partition coefficient (Wildman–Crippen LogP) is 3.17. The number of nitrogens with zero attached hydrogens (tertiary/aromatic N) is 2. The Balaban J connectivity index is 1.45. The molecule has 3 heteroatoms. The van der Waals surface area contributed by atoms with E-state index in [1.807, 2.05) is 18.2 Å². The first-order valence-corrected chi connectivity index (χ1v) is 8.41. The van der Waals surface area contributed by atoms with Crippen molar-refractivity contribution < 1.29 is 4.74 Å². The van der Waals surface area contributed by atoms with Gasteiger partial charge in [0.1, 0.15) is 5.75 Å². The molecule has 0 saturated carbocycles. The summed E-state index contributed by atoms with van der Waals surface area (Å²) in [4.78, 5) is 4.92. The maximum atomic E-state index is 5.94. The summed E-state index contributed by atoms with van der Waals surface area (Å²) in [6, 6.07) is 19.4. The number of benzene rings is 2. The number of piperazine rings is 1. The van der Waals surface area contributed by atoms with E-state index in [1.165, 1.54) is 37.3 Å². The Bertz CT molecular complexity index is 592. The molecule has 0 amide bonds. The van der Waals surface area contributed by atoms with Crippen LogP contribution in [0.2, 0.25) is 0 Å². The number of ether oxygens (including phenoxy) is 1. The van der Waals surface area contributed by atoms with E-state index in [-0.39, 0.29) is 0 Å². The van der Waals surface area contributed by atoms with E-state index >= 15 is 0 Å². The van der Waals surface area contributed by atoms with Gasteiger partial charge >= 0.3 is 0 Å². The van der Waals surface area contributed by atoms with Crippen LogP contribution in [0, 0.1) is 6.07 Å². The smallest absolute Gasteiger partial charge is 0.119 e. The molecule has 1 aliphatic heterocycles. The zero-order valence-corrected chi connectivity index (χ0v) is 13.9. The van der Waals surface area contributed by atoms with Crippen molar-refractivity contribution in [2.24, 2.45) is 0 Å². The van der Waals surface area contributed by atoms with Crippen LogP contribution in [0.3, 0.4) is 0 Å². The molecule has 0 atom stereocenters. The van der Waals surface area contributed by atoms with Crippen LogP contribution in [-0.2, 0) is 0 Å². The second-order valence-corrected chi connectivity index (χ2v) is 6.16. The lowest BCUT2D eigenvalue weighted by Gasteiger charge is -2.32. The zero-order chi connectivity index (χ0) is 15.9. The summed E-state index contributed by atoms with van der Waals surface area (Å²) in [6.45, 7) is 6.61. The molecule has 0 aromatic heterocycles. The van der Waals surface area contributed by atoms with E-state index in [0.29, 0.717) is 0 Å². The van der Waals surface area contributed by atoms with Gasteiger partial charge in [-0.25, -0.2) is 0 Å². The van der Waals surface area contributed by atoms with Gasteiger partial charge in [-0.1, -0.05) is 36.4 Å².